The van der Waals surface area contributed by atoms with Crippen molar-refractivity contribution in [2.75, 3.05) is 25.9 Å². The maximum absolute atomic E-state index is 13.4. The first-order valence-electron chi connectivity index (χ1n) is 8.57. The van der Waals surface area contributed by atoms with E-state index in [4.69, 9.17) is 5.73 Å². The summed E-state index contributed by atoms with van der Waals surface area (Å²) in [5, 5.41) is 2.80. The molecule has 1 aliphatic carbocycles. The minimum absolute atomic E-state index is 0.133. The van der Waals surface area contributed by atoms with E-state index in [9.17, 15) is 14.0 Å². The molecule has 0 spiro atoms. The molecule has 3 N–H and O–H groups in total. The third-order valence-corrected chi connectivity index (χ3v) is 4.58. The Balaban J connectivity index is 1.87. The normalized spacial score (nSPS) is 20.2. The molecule has 25 heavy (non-hydrogen) atoms. The molecule has 0 saturated heterocycles. The van der Waals surface area contributed by atoms with Gasteiger partial charge in [-0.05, 0) is 39.5 Å². The Morgan fingerprint density at radius 1 is 1.28 bits per heavy atom. The number of nitrogens with one attached hydrogen (secondary N) is 1. The van der Waals surface area contributed by atoms with E-state index >= 15 is 0 Å². The van der Waals surface area contributed by atoms with Gasteiger partial charge in [-0.1, -0.05) is 0 Å². The summed E-state index contributed by atoms with van der Waals surface area (Å²) in [6.07, 6.45) is 1.42. The van der Waals surface area contributed by atoms with E-state index in [0.29, 0.717) is 42.9 Å². The molecule has 1 heterocycles. The Hall–Kier alpha value is -2.25. The number of aryl methyl sites for hydroxylation is 2. The second-order valence-electron chi connectivity index (χ2n) is 6.61. The SMILES string of the molecule is Cc1nc(N)nc(C)c1C(=O)N(C)CCNC(=O)C1CCCC(F)C1. The van der Waals surface area contributed by atoms with E-state index in [2.05, 4.69) is 15.3 Å². The molecule has 1 fully saturated rings. The summed E-state index contributed by atoms with van der Waals surface area (Å²) in [6.45, 7) is 4.09. The molecule has 138 valence electrons. The summed E-state index contributed by atoms with van der Waals surface area (Å²) < 4.78 is 13.4. The summed E-state index contributed by atoms with van der Waals surface area (Å²) in [4.78, 5) is 34.2. The molecule has 0 bridgehead atoms. The minimum atomic E-state index is -0.884. The molecule has 1 aromatic rings. The number of alkyl halides is 1. The van der Waals surface area contributed by atoms with Gasteiger partial charge in [-0.25, -0.2) is 14.4 Å². The van der Waals surface area contributed by atoms with Crippen molar-refractivity contribution in [3.8, 4) is 0 Å². The lowest BCUT2D eigenvalue weighted by Gasteiger charge is -2.24. The van der Waals surface area contributed by atoms with Crippen molar-refractivity contribution in [3.05, 3.63) is 17.0 Å². The lowest BCUT2D eigenvalue weighted by atomic mass is 9.87. The molecule has 1 saturated carbocycles. The summed E-state index contributed by atoms with van der Waals surface area (Å²) >= 11 is 0. The van der Waals surface area contributed by atoms with E-state index in [1.807, 2.05) is 0 Å². The second kappa shape index (κ2) is 8.22. The van der Waals surface area contributed by atoms with E-state index in [1.54, 1.807) is 20.9 Å². The number of anilines is 1. The van der Waals surface area contributed by atoms with Crippen molar-refractivity contribution in [2.45, 2.75) is 45.7 Å². The highest BCUT2D eigenvalue weighted by Gasteiger charge is 2.27. The van der Waals surface area contributed by atoms with Crippen molar-refractivity contribution >= 4 is 17.8 Å². The maximum Gasteiger partial charge on any atom is 0.257 e. The van der Waals surface area contributed by atoms with Gasteiger partial charge in [0.15, 0.2) is 0 Å². The first kappa shape index (κ1) is 19.1. The number of hydrogen-bond donors (Lipinski definition) is 2. The van der Waals surface area contributed by atoms with Crippen LogP contribution in [0, 0.1) is 19.8 Å². The van der Waals surface area contributed by atoms with E-state index in [-0.39, 0.29) is 23.7 Å². The molecule has 8 heteroatoms. The van der Waals surface area contributed by atoms with Crippen LogP contribution in [0.4, 0.5) is 10.3 Å². The average Bonchev–Trinajstić information content (AvgIpc) is 2.53. The summed E-state index contributed by atoms with van der Waals surface area (Å²) in [7, 11) is 1.65. The van der Waals surface area contributed by atoms with E-state index < -0.39 is 6.17 Å². The zero-order valence-corrected chi connectivity index (χ0v) is 15.0. The predicted molar refractivity (Wildman–Crippen MR) is 92.7 cm³/mol. The Kier molecular flexibility index (Phi) is 6.27. The Morgan fingerprint density at radius 3 is 2.52 bits per heavy atom. The highest BCUT2D eigenvalue weighted by atomic mass is 19.1. The van der Waals surface area contributed by atoms with Gasteiger partial charge in [0.05, 0.1) is 17.0 Å². The van der Waals surface area contributed by atoms with Crippen LogP contribution in [0.5, 0.6) is 0 Å². The van der Waals surface area contributed by atoms with Crippen LogP contribution in [0.2, 0.25) is 0 Å². The zero-order valence-electron chi connectivity index (χ0n) is 15.0. The summed E-state index contributed by atoms with van der Waals surface area (Å²) in [6, 6.07) is 0. The first-order chi connectivity index (χ1) is 11.8. The molecule has 7 nitrogen and oxygen atoms in total. The van der Waals surface area contributed by atoms with Gasteiger partial charge in [0, 0.05) is 26.1 Å². The number of likely N-dealkylation sites (N-methyl/N-ethyl adjacent to an activating group) is 1. The third-order valence-electron chi connectivity index (χ3n) is 4.58. The number of carbonyl (C=O) groups is 2. The second-order valence-corrected chi connectivity index (χ2v) is 6.61. The molecule has 1 aliphatic rings. The molecule has 2 unspecified atom stereocenters. The van der Waals surface area contributed by atoms with Gasteiger partial charge in [-0.2, -0.15) is 0 Å². The van der Waals surface area contributed by atoms with Crippen LogP contribution in [-0.2, 0) is 4.79 Å². The van der Waals surface area contributed by atoms with Gasteiger partial charge in [0.1, 0.15) is 6.17 Å². The molecule has 2 amide bonds. The molecule has 0 aliphatic heterocycles. The number of nitrogens with two attached hydrogens (primary N) is 1. The fraction of sp³-hybridized carbons (Fsp3) is 0.647. The van der Waals surface area contributed by atoms with Crippen LogP contribution in [0.25, 0.3) is 0 Å². The molecule has 1 aromatic heterocycles. The van der Waals surface area contributed by atoms with Gasteiger partial charge in [-0.3, -0.25) is 9.59 Å². The fourth-order valence-electron chi connectivity index (χ4n) is 3.20. The van der Waals surface area contributed by atoms with Crippen LogP contribution in [0.15, 0.2) is 0 Å². The number of nitrogen functional groups attached to an aromatic ring is 1. The summed E-state index contributed by atoms with van der Waals surface area (Å²) in [5.74, 6) is -0.475. The largest absolute Gasteiger partial charge is 0.368 e. The first-order valence-corrected chi connectivity index (χ1v) is 8.57. The monoisotopic (exact) mass is 351 g/mol. The Morgan fingerprint density at radius 2 is 1.92 bits per heavy atom. The standard InChI is InChI=1S/C17H26FN5O2/c1-10-14(11(2)22-17(19)21-10)16(25)23(3)8-7-20-15(24)12-5-4-6-13(18)9-12/h12-13H,4-9H2,1-3H3,(H,20,24)(H2,19,21,22). The lowest BCUT2D eigenvalue weighted by Crippen LogP contribution is -2.40. The highest BCUT2D eigenvalue weighted by molar-refractivity contribution is 5.96. The van der Waals surface area contributed by atoms with Crippen LogP contribution >= 0.6 is 0 Å². The molecule has 0 radical (unpaired) electrons. The maximum atomic E-state index is 13.4. The smallest absolute Gasteiger partial charge is 0.257 e. The lowest BCUT2D eigenvalue weighted by molar-refractivity contribution is -0.126. The van der Waals surface area contributed by atoms with Crippen LogP contribution in [-0.4, -0.2) is 53.0 Å². The highest BCUT2D eigenvalue weighted by Crippen LogP contribution is 2.26. The minimum Gasteiger partial charge on any atom is -0.368 e. The quantitative estimate of drug-likeness (QED) is 0.835. The van der Waals surface area contributed by atoms with Crippen molar-refractivity contribution in [2.24, 2.45) is 5.92 Å². The zero-order chi connectivity index (χ0) is 18.6. The van der Waals surface area contributed by atoms with Gasteiger partial charge in [0.2, 0.25) is 11.9 Å². The number of aromatic nitrogens is 2. The van der Waals surface area contributed by atoms with Crippen molar-refractivity contribution in [1.29, 1.82) is 0 Å². The molecule has 2 rings (SSSR count). The number of hydrogen-bond acceptors (Lipinski definition) is 5. The molecular formula is C17H26FN5O2. The Labute approximate surface area is 147 Å². The van der Waals surface area contributed by atoms with Crippen molar-refractivity contribution in [1.82, 2.24) is 20.2 Å². The topological polar surface area (TPSA) is 101 Å². The predicted octanol–water partition coefficient (Wildman–Crippen LogP) is 1.39. The fourth-order valence-corrected chi connectivity index (χ4v) is 3.20. The Bertz CT molecular complexity index is 629. The number of carbonyl (C=O) groups excluding carboxylic acids is 2. The van der Waals surface area contributed by atoms with E-state index in [0.717, 1.165) is 12.8 Å². The van der Waals surface area contributed by atoms with Crippen molar-refractivity contribution < 1.29 is 14.0 Å². The van der Waals surface area contributed by atoms with E-state index in [1.165, 1.54) is 4.90 Å². The van der Waals surface area contributed by atoms with Gasteiger partial charge >= 0.3 is 0 Å². The average molecular weight is 351 g/mol. The number of rotatable bonds is 5. The number of amides is 2. The molecule has 0 aromatic carbocycles. The van der Waals surface area contributed by atoms with Crippen LogP contribution in [0.3, 0.4) is 0 Å². The summed E-state index contributed by atoms with van der Waals surface area (Å²) in [5.41, 5.74) is 7.06. The van der Waals surface area contributed by atoms with Crippen LogP contribution in [0.1, 0.15) is 47.4 Å². The van der Waals surface area contributed by atoms with Gasteiger partial charge in [0.25, 0.3) is 5.91 Å². The van der Waals surface area contributed by atoms with Gasteiger partial charge < -0.3 is 16.0 Å². The molecular weight excluding hydrogens is 325 g/mol. The number of halogens is 1. The van der Waals surface area contributed by atoms with Crippen molar-refractivity contribution in [3.63, 3.8) is 0 Å². The van der Waals surface area contributed by atoms with Gasteiger partial charge in [-0.15, -0.1) is 0 Å². The number of nitrogens with zero attached hydrogens (tertiary/aromatic N) is 3. The molecule has 2 atom stereocenters. The van der Waals surface area contributed by atoms with Crippen LogP contribution < -0.4 is 11.1 Å². The third kappa shape index (κ3) is 4.87.